The molecule has 98 valence electrons. The maximum Gasteiger partial charge on any atom is 0.233 e. The fourth-order valence-electron chi connectivity index (χ4n) is 1.33. The van der Waals surface area contributed by atoms with Gasteiger partial charge < -0.3 is 30.6 Å². The molecule has 0 spiro atoms. The minimum Gasteiger partial charge on any atom is -0.353 e. The summed E-state index contributed by atoms with van der Waals surface area (Å²) in [5.41, 5.74) is 0. The van der Waals surface area contributed by atoms with Gasteiger partial charge >= 0.3 is 0 Å². The van der Waals surface area contributed by atoms with E-state index in [1.165, 1.54) is 20.8 Å². The van der Waals surface area contributed by atoms with Gasteiger partial charge in [-0.2, -0.15) is 0 Å². The third-order valence-electron chi connectivity index (χ3n) is 2.50. The molecule has 0 aromatic rings. The molecule has 0 fully saturated rings. The lowest BCUT2D eigenvalue weighted by Crippen LogP contribution is -2.70. The normalized spacial score (nSPS) is 14.6. The van der Waals surface area contributed by atoms with Crippen molar-refractivity contribution in [3.63, 3.8) is 0 Å². The molecule has 0 saturated carbocycles. The highest BCUT2D eigenvalue weighted by Crippen LogP contribution is 2.31. The lowest BCUT2D eigenvalue weighted by atomic mass is 10.1. The van der Waals surface area contributed by atoms with Gasteiger partial charge in [0.15, 0.2) is 0 Å². The second kappa shape index (κ2) is 4.92. The molecule has 0 aliphatic heterocycles. The molecule has 0 radical (unpaired) electrons. The minimum absolute atomic E-state index is 0.0625. The molecule has 0 aromatic heterocycles. The molecule has 7 nitrogen and oxygen atoms in total. The molecule has 0 heterocycles. The molecule has 0 bridgehead atoms. The predicted octanol–water partition coefficient (Wildman–Crippen LogP) is -1.57. The topological polar surface area (TPSA) is 125 Å². The largest absolute Gasteiger partial charge is 0.353 e. The van der Waals surface area contributed by atoms with Crippen molar-refractivity contribution in [2.75, 3.05) is 0 Å². The zero-order valence-corrected chi connectivity index (χ0v) is 9.75. The molecular formula is C9H21NO6. The van der Waals surface area contributed by atoms with Gasteiger partial charge in [0, 0.05) is 19.3 Å². The average molecular weight is 239 g/mol. The van der Waals surface area contributed by atoms with Crippen LogP contribution in [0.25, 0.3) is 0 Å². The van der Waals surface area contributed by atoms with Crippen LogP contribution in [-0.4, -0.2) is 53.3 Å². The quantitative estimate of drug-likeness (QED) is 0.309. The Labute approximate surface area is 94.2 Å². The summed E-state index contributed by atoms with van der Waals surface area (Å²) < 4.78 is 0. The summed E-state index contributed by atoms with van der Waals surface area (Å²) in [5, 5.41) is 57.3. The lowest BCUT2D eigenvalue weighted by molar-refractivity contribution is -0.475. The summed E-state index contributed by atoms with van der Waals surface area (Å²) in [6.45, 7) is 4.06. The number of rotatable bonds is 6. The van der Waals surface area contributed by atoms with E-state index in [1.54, 1.807) is 0 Å². The van der Waals surface area contributed by atoms with Gasteiger partial charge in [-0.15, -0.1) is 4.90 Å². The van der Waals surface area contributed by atoms with E-state index in [1.807, 2.05) is 0 Å². The van der Waals surface area contributed by atoms with E-state index in [0.29, 0.717) is 0 Å². The van der Waals surface area contributed by atoms with Crippen molar-refractivity contribution >= 4 is 0 Å². The smallest absolute Gasteiger partial charge is 0.233 e. The highest BCUT2D eigenvalue weighted by Gasteiger charge is 2.53. The molecule has 0 aliphatic rings. The molecule has 0 saturated heterocycles. The monoisotopic (exact) mass is 239 g/mol. The SMILES string of the molecule is CCC(O)(O)N(C(O)(O)CC)C(O)(O)CC. The molecule has 6 N–H and O–H groups in total. The third kappa shape index (κ3) is 3.11. The Kier molecular flexibility index (Phi) is 4.84. The number of nitrogens with zero attached hydrogens (tertiary/aromatic N) is 1. The van der Waals surface area contributed by atoms with E-state index in [0.717, 1.165) is 0 Å². The molecule has 0 rings (SSSR count). The molecule has 0 atom stereocenters. The van der Waals surface area contributed by atoms with E-state index in [-0.39, 0.29) is 24.2 Å². The van der Waals surface area contributed by atoms with Gasteiger partial charge in [0.2, 0.25) is 17.7 Å². The van der Waals surface area contributed by atoms with Gasteiger partial charge in [-0.05, 0) is 0 Å². The molecule has 16 heavy (non-hydrogen) atoms. The molecule has 0 aromatic carbocycles. The molecule has 7 heteroatoms. The number of hydrogen-bond donors (Lipinski definition) is 6. The van der Waals surface area contributed by atoms with E-state index in [2.05, 4.69) is 0 Å². The van der Waals surface area contributed by atoms with Crippen LogP contribution in [0.4, 0.5) is 0 Å². The summed E-state index contributed by atoms with van der Waals surface area (Å²) in [4.78, 5) is 0.0625. The van der Waals surface area contributed by atoms with Gasteiger partial charge in [-0.1, -0.05) is 20.8 Å². The molecule has 0 aliphatic carbocycles. The number of aliphatic hydroxyl groups is 6. The van der Waals surface area contributed by atoms with Gasteiger partial charge in [0.05, 0.1) is 0 Å². The van der Waals surface area contributed by atoms with Crippen molar-refractivity contribution in [2.24, 2.45) is 0 Å². The van der Waals surface area contributed by atoms with Crippen LogP contribution in [0.2, 0.25) is 0 Å². The standard InChI is InChI=1S/C9H21NO6/c1-4-7(11,12)10(8(13,14)5-2)9(15,16)6-3/h11-16H,4-6H2,1-3H3. The predicted molar refractivity (Wildman–Crippen MR) is 54.2 cm³/mol. The summed E-state index contributed by atoms with van der Waals surface area (Å²) in [7, 11) is 0. The first-order valence-electron chi connectivity index (χ1n) is 5.19. The third-order valence-corrected chi connectivity index (χ3v) is 2.50. The van der Waals surface area contributed by atoms with Gasteiger partial charge in [0.25, 0.3) is 0 Å². The van der Waals surface area contributed by atoms with E-state index < -0.39 is 17.7 Å². The first-order valence-corrected chi connectivity index (χ1v) is 5.19. The zero-order chi connectivity index (χ0) is 13.2. The van der Waals surface area contributed by atoms with E-state index in [4.69, 9.17) is 0 Å². The fraction of sp³-hybridized carbons (Fsp3) is 1.00. The summed E-state index contributed by atoms with van der Waals surface area (Å²) >= 11 is 0. The Hall–Kier alpha value is -0.280. The maximum atomic E-state index is 9.56. The zero-order valence-electron chi connectivity index (χ0n) is 9.75. The van der Waals surface area contributed by atoms with Crippen molar-refractivity contribution in [2.45, 2.75) is 57.8 Å². The Balaban J connectivity index is 5.40. The van der Waals surface area contributed by atoms with Crippen LogP contribution >= 0.6 is 0 Å². The van der Waals surface area contributed by atoms with E-state index >= 15 is 0 Å². The Bertz CT molecular complexity index is 190. The lowest BCUT2D eigenvalue weighted by Gasteiger charge is -2.48. The molecule has 0 unspecified atom stereocenters. The van der Waals surface area contributed by atoms with Crippen LogP contribution in [0.3, 0.4) is 0 Å². The first kappa shape index (κ1) is 15.7. The molecule has 0 amide bonds. The van der Waals surface area contributed by atoms with Crippen LogP contribution in [0, 0.1) is 0 Å². The van der Waals surface area contributed by atoms with Crippen molar-refractivity contribution in [3.8, 4) is 0 Å². The van der Waals surface area contributed by atoms with Crippen molar-refractivity contribution < 1.29 is 30.6 Å². The average Bonchev–Trinajstić information content (AvgIpc) is 2.16. The fourth-order valence-corrected chi connectivity index (χ4v) is 1.33. The van der Waals surface area contributed by atoms with Crippen LogP contribution in [0.5, 0.6) is 0 Å². The summed E-state index contributed by atoms with van der Waals surface area (Å²) in [6.07, 6.45) is -1.00. The van der Waals surface area contributed by atoms with Gasteiger partial charge in [0.1, 0.15) is 0 Å². The van der Waals surface area contributed by atoms with Crippen molar-refractivity contribution in [3.05, 3.63) is 0 Å². The second-order valence-corrected chi connectivity index (χ2v) is 3.72. The van der Waals surface area contributed by atoms with Crippen molar-refractivity contribution in [1.29, 1.82) is 0 Å². The second-order valence-electron chi connectivity index (χ2n) is 3.72. The highest BCUT2D eigenvalue weighted by molar-refractivity contribution is 4.80. The van der Waals surface area contributed by atoms with Crippen LogP contribution in [-0.2, 0) is 0 Å². The van der Waals surface area contributed by atoms with E-state index in [9.17, 15) is 30.6 Å². The number of hydrogen-bond acceptors (Lipinski definition) is 7. The van der Waals surface area contributed by atoms with Crippen LogP contribution < -0.4 is 0 Å². The van der Waals surface area contributed by atoms with Gasteiger partial charge in [-0.3, -0.25) is 0 Å². The maximum absolute atomic E-state index is 9.56. The minimum atomic E-state index is -2.74. The highest BCUT2D eigenvalue weighted by atomic mass is 16.6. The van der Waals surface area contributed by atoms with Crippen LogP contribution in [0.1, 0.15) is 40.0 Å². The van der Waals surface area contributed by atoms with Crippen LogP contribution in [0.15, 0.2) is 0 Å². The Morgan fingerprint density at radius 2 is 0.812 bits per heavy atom. The first-order chi connectivity index (χ1) is 7.05. The van der Waals surface area contributed by atoms with Gasteiger partial charge in [-0.25, -0.2) is 0 Å². The molecular weight excluding hydrogens is 218 g/mol. The summed E-state index contributed by atoms with van der Waals surface area (Å²) in [5.74, 6) is -8.21. The Morgan fingerprint density at radius 1 is 0.625 bits per heavy atom. The van der Waals surface area contributed by atoms with Crippen molar-refractivity contribution in [1.82, 2.24) is 4.90 Å². The summed E-state index contributed by atoms with van der Waals surface area (Å²) in [6, 6.07) is 0. The Morgan fingerprint density at radius 3 is 0.938 bits per heavy atom.